The Morgan fingerprint density at radius 3 is 2.71 bits per heavy atom. The molecule has 0 saturated carbocycles. The van der Waals surface area contributed by atoms with Crippen molar-refractivity contribution in [3.63, 3.8) is 0 Å². The number of nitrogens with one attached hydrogen (secondary N) is 2. The van der Waals surface area contributed by atoms with Crippen molar-refractivity contribution in [2.45, 2.75) is 25.4 Å². The number of hydrogen-bond acceptors (Lipinski definition) is 5. The van der Waals surface area contributed by atoms with Gasteiger partial charge < -0.3 is 20.6 Å². The lowest BCUT2D eigenvalue weighted by molar-refractivity contribution is -0.117. The fourth-order valence-corrected chi connectivity index (χ4v) is 3.94. The first-order valence-electron chi connectivity index (χ1n) is 9.29. The highest BCUT2D eigenvalue weighted by molar-refractivity contribution is 7.81. The Morgan fingerprint density at radius 1 is 1.25 bits per heavy atom. The number of allylic oxidation sites excluding steroid dienone is 3. The third-order valence-electron chi connectivity index (χ3n) is 4.74. The van der Waals surface area contributed by atoms with Gasteiger partial charge in [-0.25, -0.2) is 0 Å². The highest BCUT2D eigenvalue weighted by Crippen LogP contribution is 2.31. The number of halogens is 2. The molecule has 5 nitrogen and oxygen atoms in total. The van der Waals surface area contributed by atoms with E-state index in [-0.39, 0.29) is 19.0 Å². The average molecular weight is 440 g/mol. The number of nitrogens with zero attached hydrogens (tertiary/aromatic N) is 1. The average Bonchev–Trinajstić information content (AvgIpc) is 3.20. The van der Waals surface area contributed by atoms with Crippen LogP contribution in [0.3, 0.4) is 0 Å². The molecule has 28 heavy (non-hydrogen) atoms. The molecule has 150 valence electrons. The van der Waals surface area contributed by atoms with Crippen LogP contribution in [0.25, 0.3) is 0 Å². The summed E-state index contributed by atoms with van der Waals surface area (Å²) in [6, 6.07) is 5.81. The Kier molecular flexibility index (Phi) is 7.35. The Hall–Kier alpha value is -1.60. The van der Waals surface area contributed by atoms with Crippen LogP contribution in [-0.2, 0) is 4.79 Å². The first-order valence-corrected chi connectivity index (χ1v) is 10.5. The van der Waals surface area contributed by atoms with E-state index in [1.807, 2.05) is 18.2 Å². The molecule has 1 aromatic carbocycles. The van der Waals surface area contributed by atoms with Crippen LogP contribution < -0.4 is 15.5 Å². The molecule has 1 fully saturated rings. The molecule has 3 N–H and O–H groups in total. The normalized spacial score (nSPS) is 17.8. The van der Waals surface area contributed by atoms with E-state index in [2.05, 4.69) is 15.5 Å². The van der Waals surface area contributed by atoms with Gasteiger partial charge in [0.15, 0.2) is 0 Å². The lowest BCUT2D eigenvalue weighted by atomic mass is 10.0. The van der Waals surface area contributed by atoms with E-state index in [1.54, 1.807) is 12.2 Å². The first-order chi connectivity index (χ1) is 13.4. The standard InChI is InChI=1S/C20H23Cl2N3O2S/c21-13-3-6-19(28)16(9-13)20(27)24-12-15(26)11-23-14-4-5-18(17(22)10-14)25-7-1-2-8-25/h3-5,9-10,15,23,26H,1-2,6-8,11-12H2,(H,24,27). The number of aliphatic hydroxyl groups is 1. The second-order valence-corrected chi connectivity index (χ2v) is 8.22. The van der Waals surface area contributed by atoms with Gasteiger partial charge in [0, 0.05) is 48.2 Å². The molecule has 8 heteroatoms. The molecule has 1 amide bonds. The number of carbonyl (C=O) groups excluding carboxylic acids is 1. The van der Waals surface area contributed by atoms with Crippen LogP contribution in [0.1, 0.15) is 19.3 Å². The molecule has 1 saturated heterocycles. The number of hydrogen-bond donors (Lipinski definition) is 3. The lowest BCUT2D eigenvalue weighted by Gasteiger charge is -2.20. The minimum atomic E-state index is -0.759. The van der Waals surface area contributed by atoms with Gasteiger partial charge in [-0.2, -0.15) is 0 Å². The third-order valence-corrected chi connectivity index (χ3v) is 5.70. The van der Waals surface area contributed by atoms with Crippen molar-refractivity contribution in [2.75, 3.05) is 36.4 Å². The minimum Gasteiger partial charge on any atom is -0.389 e. The van der Waals surface area contributed by atoms with E-state index >= 15 is 0 Å². The van der Waals surface area contributed by atoms with Gasteiger partial charge in [-0.15, -0.1) is 0 Å². The van der Waals surface area contributed by atoms with Crippen LogP contribution in [0.4, 0.5) is 11.4 Å². The number of thiocarbonyl (C=S) groups is 1. The van der Waals surface area contributed by atoms with Gasteiger partial charge >= 0.3 is 0 Å². The maximum atomic E-state index is 12.2. The zero-order valence-electron chi connectivity index (χ0n) is 15.4. The van der Waals surface area contributed by atoms with Crippen molar-refractivity contribution in [3.8, 4) is 0 Å². The maximum absolute atomic E-state index is 12.2. The molecular formula is C20H23Cl2N3O2S. The summed E-state index contributed by atoms with van der Waals surface area (Å²) < 4.78 is 0. The van der Waals surface area contributed by atoms with Crippen molar-refractivity contribution in [1.29, 1.82) is 0 Å². The number of benzene rings is 1. The summed E-state index contributed by atoms with van der Waals surface area (Å²) in [7, 11) is 0. The summed E-state index contributed by atoms with van der Waals surface area (Å²) in [6.45, 7) is 2.45. The molecule has 2 aliphatic rings. The fourth-order valence-electron chi connectivity index (χ4n) is 3.21. The first kappa shape index (κ1) is 21.1. The molecular weight excluding hydrogens is 417 g/mol. The Bertz CT molecular complexity index is 820. The third kappa shape index (κ3) is 5.47. The molecule has 0 aromatic heterocycles. The van der Waals surface area contributed by atoms with E-state index in [0.29, 0.717) is 26.9 Å². The topological polar surface area (TPSA) is 64.6 Å². The molecule has 1 aliphatic carbocycles. The smallest absolute Gasteiger partial charge is 0.252 e. The van der Waals surface area contributed by atoms with Crippen LogP contribution in [0, 0.1) is 0 Å². The van der Waals surface area contributed by atoms with Crippen LogP contribution in [0.5, 0.6) is 0 Å². The number of aliphatic hydroxyl groups excluding tert-OH is 1. The van der Waals surface area contributed by atoms with Gasteiger partial charge in [-0.1, -0.05) is 41.5 Å². The monoisotopic (exact) mass is 439 g/mol. The van der Waals surface area contributed by atoms with Crippen molar-refractivity contribution in [3.05, 3.63) is 46.0 Å². The van der Waals surface area contributed by atoms with E-state index in [4.69, 9.17) is 35.4 Å². The summed E-state index contributed by atoms with van der Waals surface area (Å²) >= 11 is 17.5. The molecule has 0 spiro atoms. The predicted molar refractivity (Wildman–Crippen MR) is 120 cm³/mol. The number of rotatable bonds is 7. The second-order valence-electron chi connectivity index (χ2n) is 6.88. The van der Waals surface area contributed by atoms with E-state index < -0.39 is 6.10 Å². The zero-order chi connectivity index (χ0) is 20.1. The Labute approximate surface area is 180 Å². The summed E-state index contributed by atoms with van der Waals surface area (Å²) in [5, 5.41) is 17.2. The van der Waals surface area contributed by atoms with Gasteiger partial charge in [0.2, 0.25) is 0 Å². The summed E-state index contributed by atoms with van der Waals surface area (Å²) in [4.78, 5) is 15.1. The highest BCUT2D eigenvalue weighted by atomic mass is 35.5. The highest BCUT2D eigenvalue weighted by Gasteiger charge is 2.19. The van der Waals surface area contributed by atoms with Gasteiger partial charge in [0.1, 0.15) is 0 Å². The number of anilines is 2. The second kappa shape index (κ2) is 9.74. The van der Waals surface area contributed by atoms with Gasteiger partial charge in [0.05, 0.1) is 22.4 Å². The Balaban J connectivity index is 1.47. The van der Waals surface area contributed by atoms with Gasteiger partial charge in [-0.3, -0.25) is 4.79 Å². The minimum absolute atomic E-state index is 0.104. The summed E-state index contributed by atoms with van der Waals surface area (Å²) in [6.07, 6.45) is 5.42. The molecule has 3 rings (SSSR count). The quantitative estimate of drug-likeness (QED) is 0.565. The van der Waals surface area contributed by atoms with Crippen molar-refractivity contribution in [1.82, 2.24) is 5.32 Å². The van der Waals surface area contributed by atoms with Crippen LogP contribution >= 0.6 is 35.4 Å². The molecule has 0 radical (unpaired) electrons. The van der Waals surface area contributed by atoms with Crippen LogP contribution in [0.15, 0.2) is 41.0 Å². The fraction of sp³-hybridized carbons (Fsp3) is 0.400. The zero-order valence-corrected chi connectivity index (χ0v) is 17.7. The molecule has 1 aromatic rings. The van der Waals surface area contributed by atoms with Gasteiger partial charge in [-0.05, 0) is 37.1 Å². The summed E-state index contributed by atoms with van der Waals surface area (Å²) in [5.41, 5.74) is 2.25. The van der Waals surface area contributed by atoms with Gasteiger partial charge in [0.25, 0.3) is 5.91 Å². The SMILES string of the molecule is O=C(NCC(O)CNc1ccc(N2CCCC2)c(Cl)c1)C1=CC(Cl)=CCC1=S. The van der Waals surface area contributed by atoms with E-state index in [0.717, 1.165) is 24.5 Å². The summed E-state index contributed by atoms with van der Waals surface area (Å²) in [5.74, 6) is -0.326. The van der Waals surface area contributed by atoms with E-state index in [1.165, 1.54) is 12.8 Å². The lowest BCUT2D eigenvalue weighted by Crippen LogP contribution is -2.37. The Morgan fingerprint density at radius 2 is 2.00 bits per heavy atom. The maximum Gasteiger partial charge on any atom is 0.252 e. The van der Waals surface area contributed by atoms with Crippen LogP contribution in [0.2, 0.25) is 5.02 Å². The van der Waals surface area contributed by atoms with Crippen molar-refractivity contribution in [2.24, 2.45) is 0 Å². The molecule has 1 unspecified atom stereocenters. The molecule has 1 atom stereocenters. The predicted octanol–water partition coefficient (Wildman–Crippen LogP) is 3.65. The van der Waals surface area contributed by atoms with Crippen molar-refractivity contribution < 1.29 is 9.90 Å². The van der Waals surface area contributed by atoms with Crippen LogP contribution in [-0.4, -0.2) is 48.2 Å². The molecule has 0 bridgehead atoms. The molecule has 1 heterocycles. The number of carbonyl (C=O) groups is 1. The number of amides is 1. The molecule has 1 aliphatic heterocycles. The largest absolute Gasteiger partial charge is 0.389 e. The van der Waals surface area contributed by atoms with E-state index in [9.17, 15) is 9.90 Å². The van der Waals surface area contributed by atoms with Crippen molar-refractivity contribution >= 4 is 57.6 Å².